The first-order valence-corrected chi connectivity index (χ1v) is 8.32. The van der Waals surface area contributed by atoms with E-state index in [1.807, 2.05) is 10.9 Å². The van der Waals surface area contributed by atoms with Crippen molar-refractivity contribution in [2.24, 2.45) is 0 Å². The Morgan fingerprint density at radius 3 is 2.95 bits per heavy atom. The third-order valence-corrected chi connectivity index (χ3v) is 4.75. The summed E-state index contributed by atoms with van der Waals surface area (Å²) in [5, 5.41) is 7.71. The van der Waals surface area contributed by atoms with Gasteiger partial charge in [-0.15, -0.1) is 0 Å². The molecular formula is C16H26N4O. The number of aryl methyl sites for hydroxylation is 1. The molecule has 0 spiro atoms. The molecule has 0 amide bonds. The molecule has 0 aliphatic carbocycles. The molecule has 3 heterocycles. The van der Waals surface area contributed by atoms with Gasteiger partial charge in [0.2, 0.25) is 0 Å². The van der Waals surface area contributed by atoms with Crippen LogP contribution < -0.4 is 5.32 Å². The minimum Gasteiger partial charge on any atom is -0.317 e. The van der Waals surface area contributed by atoms with Crippen LogP contribution in [0.5, 0.6) is 0 Å². The lowest BCUT2D eigenvalue weighted by Crippen LogP contribution is -2.47. The number of carbonyl (C=O) groups excluding carboxylic acids is 1. The summed E-state index contributed by atoms with van der Waals surface area (Å²) < 4.78 is 1.89. The van der Waals surface area contributed by atoms with Crippen LogP contribution in [-0.4, -0.2) is 52.2 Å². The van der Waals surface area contributed by atoms with Gasteiger partial charge in [-0.1, -0.05) is 6.92 Å². The number of hydrogen-bond acceptors (Lipinski definition) is 4. The molecule has 1 N–H and O–H groups in total. The standard InChI is InChI=1S/C16H26N4O/c1-2-9-19-12-13(11-18-19)16(21)15-4-3-10-20(15)14-5-7-17-8-6-14/h11-12,14-15,17H,2-10H2,1H3. The van der Waals surface area contributed by atoms with Gasteiger partial charge in [-0.25, -0.2) is 0 Å². The average Bonchev–Trinajstić information content (AvgIpc) is 3.17. The third-order valence-electron chi connectivity index (χ3n) is 4.75. The number of carbonyl (C=O) groups is 1. The fourth-order valence-electron chi connectivity index (χ4n) is 3.68. The number of aromatic nitrogens is 2. The first kappa shape index (κ1) is 14.7. The van der Waals surface area contributed by atoms with E-state index in [0.717, 1.165) is 51.0 Å². The van der Waals surface area contributed by atoms with E-state index in [4.69, 9.17) is 0 Å². The van der Waals surface area contributed by atoms with Gasteiger partial charge in [0.15, 0.2) is 5.78 Å². The Morgan fingerprint density at radius 1 is 1.38 bits per heavy atom. The van der Waals surface area contributed by atoms with E-state index < -0.39 is 0 Å². The Kier molecular flexibility index (Phi) is 4.70. The molecule has 0 aromatic carbocycles. The Morgan fingerprint density at radius 2 is 2.19 bits per heavy atom. The fourth-order valence-corrected chi connectivity index (χ4v) is 3.68. The second kappa shape index (κ2) is 6.71. The highest BCUT2D eigenvalue weighted by atomic mass is 16.1. The van der Waals surface area contributed by atoms with Gasteiger partial charge in [0.25, 0.3) is 0 Å². The monoisotopic (exact) mass is 290 g/mol. The first-order valence-electron chi connectivity index (χ1n) is 8.32. The van der Waals surface area contributed by atoms with Crippen LogP contribution in [-0.2, 0) is 6.54 Å². The SMILES string of the molecule is CCCn1cc(C(=O)C2CCCN2C2CCNCC2)cn1. The summed E-state index contributed by atoms with van der Waals surface area (Å²) in [4.78, 5) is 15.3. The Labute approximate surface area is 126 Å². The smallest absolute Gasteiger partial charge is 0.183 e. The average molecular weight is 290 g/mol. The van der Waals surface area contributed by atoms with Crippen LogP contribution in [0.1, 0.15) is 49.4 Å². The molecule has 21 heavy (non-hydrogen) atoms. The van der Waals surface area contributed by atoms with Crippen LogP contribution in [0.25, 0.3) is 0 Å². The van der Waals surface area contributed by atoms with Crippen molar-refractivity contribution in [1.82, 2.24) is 20.0 Å². The molecule has 0 saturated carbocycles. The van der Waals surface area contributed by atoms with E-state index in [0.29, 0.717) is 6.04 Å². The van der Waals surface area contributed by atoms with Crippen LogP contribution in [0.4, 0.5) is 0 Å². The second-order valence-electron chi connectivity index (χ2n) is 6.23. The second-order valence-corrected chi connectivity index (χ2v) is 6.23. The molecule has 1 aromatic rings. The highest BCUT2D eigenvalue weighted by molar-refractivity contribution is 5.99. The lowest BCUT2D eigenvalue weighted by molar-refractivity contribution is 0.0783. The van der Waals surface area contributed by atoms with Crippen LogP contribution >= 0.6 is 0 Å². The Balaban J connectivity index is 1.69. The lowest BCUT2D eigenvalue weighted by Gasteiger charge is -2.35. The molecule has 5 heteroatoms. The number of nitrogens with zero attached hydrogens (tertiary/aromatic N) is 3. The van der Waals surface area contributed by atoms with Crippen LogP contribution in [0, 0.1) is 0 Å². The quantitative estimate of drug-likeness (QED) is 0.839. The lowest BCUT2D eigenvalue weighted by atomic mass is 10.00. The van der Waals surface area contributed by atoms with Crippen molar-refractivity contribution in [2.45, 2.75) is 57.7 Å². The Hall–Kier alpha value is -1.20. The van der Waals surface area contributed by atoms with Crippen molar-refractivity contribution in [3.63, 3.8) is 0 Å². The van der Waals surface area contributed by atoms with Gasteiger partial charge < -0.3 is 5.32 Å². The number of ketones is 1. The van der Waals surface area contributed by atoms with Crippen molar-refractivity contribution in [3.05, 3.63) is 18.0 Å². The van der Waals surface area contributed by atoms with Gasteiger partial charge >= 0.3 is 0 Å². The van der Waals surface area contributed by atoms with E-state index >= 15 is 0 Å². The molecule has 116 valence electrons. The zero-order valence-electron chi connectivity index (χ0n) is 12.9. The van der Waals surface area contributed by atoms with E-state index in [2.05, 4.69) is 22.2 Å². The number of rotatable bonds is 5. The highest BCUT2D eigenvalue weighted by Gasteiger charge is 2.36. The number of nitrogens with one attached hydrogen (secondary N) is 1. The summed E-state index contributed by atoms with van der Waals surface area (Å²) in [6, 6.07) is 0.653. The van der Waals surface area contributed by atoms with Crippen molar-refractivity contribution in [3.8, 4) is 0 Å². The van der Waals surface area contributed by atoms with Crippen molar-refractivity contribution in [1.29, 1.82) is 0 Å². The molecule has 2 aliphatic rings. The summed E-state index contributed by atoms with van der Waals surface area (Å²) >= 11 is 0. The molecular weight excluding hydrogens is 264 g/mol. The molecule has 0 radical (unpaired) electrons. The topological polar surface area (TPSA) is 50.2 Å². The summed E-state index contributed by atoms with van der Waals surface area (Å²) in [5.74, 6) is 0.272. The van der Waals surface area contributed by atoms with Gasteiger partial charge in [-0.05, 0) is 51.7 Å². The zero-order chi connectivity index (χ0) is 14.7. The van der Waals surface area contributed by atoms with Gasteiger partial charge in [-0.2, -0.15) is 5.10 Å². The van der Waals surface area contributed by atoms with Crippen LogP contribution in [0.15, 0.2) is 12.4 Å². The Bertz CT molecular complexity index is 478. The number of Topliss-reactive ketones (excluding diaryl/α,β-unsaturated/α-hetero) is 1. The predicted molar refractivity (Wildman–Crippen MR) is 82.5 cm³/mol. The predicted octanol–water partition coefficient (Wildman–Crippen LogP) is 1.69. The normalized spacial score (nSPS) is 24.5. The highest BCUT2D eigenvalue weighted by Crippen LogP contribution is 2.26. The largest absolute Gasteiger partial charge is 0.317 e. The van der Waals surface area contributed by atoms with Gasteiger partial charge in [0.1, 0.15) is 0 Å². The van der Waals surface area contributed by atoms with Gasteiger partial charge in [-0.3, -0.25) is 14.4 Å². The summed E-state index contributed by atoms with van der Waals surface area (Å²) in [6.45, 7) is 6.24. The van der Waals surface area contributed by atoms with Crippen molar-refractivity contribution in [2.75, 3.05) is 19.6 Å². The van der Waals surface area contributed by atoms with Gasteiger partial charge in [0.05, 0.1) is 17.8 Å². The van der Waals surface area contributed by atoms with Gasteiger partial charge in [0, 0.05) is 18.8 Å². The summed E-state index contributed by atoms with van der Waals surface area (Å²) in [5.41, 5.74) is 0.786. The zero-order valence-corrected chi connectivity index (χ0v) is 12.9. The van der Waals surface area contributed by atoms with E-state index in [1.165, 1.54) is 12.8 Å². The molecule has 3 rings (SSSR count). The molecule has 2 saturated heterocycles. The maximum atomic E-state index is 12.8. The fraction of sp³-hybridized carbons (Fsp3) is 0.750. The molecule has 2 fully saturated rings. The molecule has 1 unspecified atom stereocenters. The number of piperidine rings is 1. The van der Waals surface area contributed by atoms with E-state index in [-0.39, 0.29) is 11.8 Å². The summed E-state index contributed by atoms with van der Waals surface area (Å²) in [6.07, 6.45) is 9.19. The minimum atomic E-state index is 0.0763. The molecule has 1 atom stereocenters. The van der Waals surface area contributed by atoms with E-state index in [9.17, 15) is 4.79 Å². The van der Waals surface area contributed by atoms with Crippen LogP contribution in [0.3, 0.4) is 0 Å². The van der Waals surface area contributed by atoms with E-state index in [1.54, 1.807) is 6.20 Å². The molecule has 5 nitrogen and oxygen atoms in total. The third kappa shape index (κ3) is 3.19. The van der Waals surface area contributed by atoms with Crippen LogP contribution in [0.2, 0.25) is 0 Å². The first-order chi connectivity index (χ1) is 10.3. The number of likely N-dealkylation sites (tertiary alicyclic amines) is 1. The summed E-state index contributed by atoms with van der Waals surface area (Å²) in [7, 11) is 0. The maximum absolute atomic E-state index is 12.8. The molecule has 2 aliphatic heterocycles. The minimum absolute atomic E-state index is 0.0763. The molecule has 0 bridgehead atoms. The maximum Gasteiger partial charge on any atom is 0.183 e. The van der Waals surface area contributed by atoms with Crippen molar-refractivity contribution >= 4 is 5.78 Å². The van der Waals surface area contributed by atoms with Crippen molar-refractivity contribution < 1.29 is 4.79 Å². The molecule has 1 aromatic heterocycles. The number of hydrogen-bond donors (Lipinski definition) is 1.